The average Bonchev–Trinajstić information content (AvgIpc) is 3.27. The molecule has 1 N–H and O–H groups in total. The third kappa shape index (κ3) is 3.06. The van der Waals surface area contributed by atoms with Gasteiger partial charge in [-0.2, -0.15) is 0 Å². The van der Waals surface area contributed by atoms with Crippen molar-refractivity contribution < 1.29 is 23.4 Å². The van der Waals surface area contributed by atoms with Crippen molar-refractivity contribution in [1.29, 1.82) is 0 Å². The average molecular weight is 365 g/mol. The summed E-state index contributed by atoms with van der Waals surface area (Å²) in [6.07, 6.45) is 0. The second kappa shape index (κ2) is 6.64. The Kier molecular flexibility index (Phi) is 4.16. The number of rotatable bonds is 5. The van der Waals surface area contributed by atoms with Crippen molar-refractivity contribution in [3.8, 4) is 17.0 Å². The van der Waals surface area contributed by atoms with Crippen molar-refractivity contribution in [1.82, 2.24) is 4.57 Å². The molecule has 0 aliphatic carbocycles. The van der Waals surface area contributed by atoms with E-state index < -0.39 is 5.97 Å². The molecule has 0 atom stereocenters. The van der Waals surface area contributed by atoms with Crippen LogP contribution in [0.25, 0.3) is 22.2 Å². The Bertz CT molecular complexity index is 1140. The van der Waals surface area contributed by atoms with Crippen molar-refractivity contribution in [2.45, 2.75) is 6.54 Å². The van der Waals surface area contributed by atoms with Crippen LogP contribution in [-0.4, -0.2) is 22.8 Å². The van der Waals surface area contributed by atoms with Gasteiger partial charge in [0.05, 0.1) is 19.3 Å². The summed E-state index contributed by atoms with van der Waals surface area (Å²) in [6, 6.07) is 17.0. The second-order valence-electron chi connectivity index (χ2n) is 6.09. The smallest absolute Gasteiger partial charge is 0.371 e. The maximum absolute atomic E-state index is 14.4. The molecular formula is C21H16FNO4. The number of hydrogen-bond acceptors (Lipinski definition) is 3. The van der Waals surface area contributed by atoms with Gasteiger partial charge in [-0.3, -0.25) is 0 Å². The molecule has 0 unspecified atom stereocenters. The molecule has 0 saturated carbocycles. The molecule has 0 spiro atoms. The molecule has 0 saturated heterocycles. The molecular weight excluding hydrogens is 349 g/mol. The van der Waals surface area contributed by atoms with E-state index in [2.05, 4.69) is 0 Å². The highest BCUT2D eigenvalue weighted by molar-refractivity contribution is 5.88. The lowest BCUT2D eigenvalue weighted by Crippen LogP contribution is -2.02. The van der Waals surface area contributed by atoms with E-state index in [4.69, 9.17) is 14.3 Å². The van der Waals surface area contributed by atoms with Crippen LogP contribution in [0.3, 0.4) is 0 Å². The Morgan fingerprint density at radius 2 is 1.96 bits per heavy atom. The summed E-state index contributed by atoms with van der Waals surface area (Å²) in [7, 11) is 1.59. The van der Waals surface area contributed by atoms with Crippen LogP contribution in [0.4, 0.5) is 4.39 Å². The van der Waals surface area contributed by atoms with Crippen molar-refractivity contribution in [2.24, 2.45) is 0 Å². The van der Waals surface area contributed by atoms with Crippen LogP contribution < -0.4 is 4.74 Å². The number of methoxy groups -OCH3 is 1. The molecule has 136 valence electrons. The van der Waals surface area contributed by atoms with E-state index in [1.807, 2.05) is 28.8 Å². The van der Waals surface area contributed by atoms with Crippen LogP contribution in [0.15, 0.2) is 65.1 Å². The zero-order valence-electron chi connectivity index (χ0n) is 14.5. The van der Waals surface area contributed by atoms with E-state index >= 15 is 0 Å². The van der Waals surface area contributed by atoms with Crippen molar-refractivity contribution in [3.63, 3.8) is 0 Å². The van der Waals surface area contributed by atoms with E-state index in [1.54, 1.807) is 31.4 Å². The minimum Gasteiger partial charge on any atom is -0.497 e. The highest BCUT2D eigenvalue weighted by Crippen LogP contribution is 2.32. The van der Waals surface area contributed by atoms with Gasteiger partial charge in [-0.15, -0.1) is 0 Å². The fraction of sp³-hybridized carbons (Fsp3) is 0.0952. The Labute approximate surface area is 154 Å². The third-order valence-electron chi connectivity index (χ3n) is 4.44. The molecule has 2 heterocycles. The number of benzene rings is 2. The standard InChI is InChI=1S/C21H16FNO4/c1-26-14-6-8-18-13(10-14)11-19(16-4-2-3-5-17(16)22)23(18)12-15-7-9-20(27-15)21(24)25/h2-11H,12H2,1H3,(H,24,25). The number of hydrogen-bond donors (Lipinski definition) is 1. The van der Waals surface area contributed by atoms with Gasteiger partial charge in [-0.25, -0.2) is 9.18 Å². The van der Waals surface area contributed by atoms with Gasteiger partial charge in [0.1, 0.15) is 17.3 Å². The number of aromatic nitrogens is 1. The summed E-state index contributed by atoms with van der Waals surface area (Å²) in [5.41, 5.74) is 1.99. The molecule has 0 aliphatic rings. The fourth-order valence-corrected chi connectivity index (χ4v) is 3.17. The minimum absolute atomic E-state index is 0.129. The summed E-state index contributed by atoms with van der Waals surface area (Å²) in [6.45, 7) is 0.271. The molecule has 27 heavy (non-hydrogen) atoms. The molecule has 4 aromatic rings. The van der Waals surface area contributed by atoms with Gasteiger partial charge >= 0.3 is 5.97 Å². The topological polar surface area (TPSA) is 64.6 Å². The fourth-order valence-electron chi connectivity index (χ4n) is 3.17. The summed E-state index contributed by atoms with van der Waals surface area (Å²) in [4.78, 5) is 11.1. The molecule has 2 aromatic heterocycles. The van der Waals surface area contributed by atoms with Gasteiger partial charge in [0.15, 0.2) is 0 Å². The minimum atomic E-state index is -1.13. The summed E-state index contributed by atoms with van der Waals surface area (Å²) >= 11 is 0. The van der Waals surface area contributed by atoms with E-state index in [0.717, 1.165) is 10.9 Å². The predicted octanol–water partition coefficient (Wildman–Crippen LogP) is 4.80. The number of aromatic carboxylic acids is 1. The lowest BCUT2D eigenvalue weighted by Gasteiger charge is -2.10. The highest BCUT2D eigenvalue weighted by Gasteiger charge is 2.17. The van der Waals surface area contributed by atoms with Crippen LogP contribution in [0.1, 0.15) is 16.3 Å². The molecule has 4 rings (SSSR count). The first-order valence-corrected chi connectivity index (χ1v) is 8.31. The number of halogens is 1. The van der Waals surface area contributed by atoms with Gasteiger partial charge in [0, 0.05) is 16.5 Å². The van der Waals surface area contributed by atoms with E-state index in [1.165, 1.54) is 12.1 Å². The number of carboxylic acids is 1. The predicted molar refractivity (Wildman–Crippen MR) is 98.7 cm³/mol. The van der Waals surface area contributed by atoms with Gasteiger partial charge in [0.2, 0.25) is 5.76 Å². The molecule has 0 amide bonds. The summed E-state index contributed by atoms with van der Waals surface area (Å²) < 4.78 is 27.0. The van der Waals surface area contributed by atoms with E-state index in [0.29, 0.717) is 22.8 Å². The number of fused-ring (bicyclic) bond motifs is 1. The summed E-state index contributed by atoms with van der Waals surface area (Å²) in [5, 5.41) is 9.95. The van der Waals surface area contributed by atoms with Gasteiger partial charge < -0.3 is 18.8 Å². The SMILES string of the molecule is COc1ccc2c(c1)cc(-c1ccccc1F)n2Cc1ccc(C(=O)O)o1. The monoisotopic (exact) mass is 365 g/mol. The molecule has 6 heteroatoms. The maximum Gasteiger partial charge on any atom is 0.371 e. The lowest BCUT2D eigenvalue weighted by atomic mass is 10.1. The molecule has 0 radical (unpaired) electrons. The van der Waals surface area contributed by atoms with Crippen LogP contribution in [0, 0.1) is 5.82 Å². The highest BCUT2D eigenvalue weighted by atomic mass is 19.1. The van der Waals surface area contributed by atoms with Gasteiger partial charge in [0.25, 0.3) is 0 Å². The largest absolute Gasteiger partial charge is 0.497 e. The Morgan fingerprint density at radius 3 is 2.67 bits per heavy atom. The molecule has 0 fully saturated rings. The van der Waals surface area contributed by atoms with Crippen LogP contribution in [0.5, 0.6) is 5.75 Å². The number of carboxylic acid groups (broad SMARTS) is 1. The van der Waals surface area contributed by atoms with Crippen LogP contribution >= 0.6 is 0 Å². The number of ether oxygens (including phenoxy) is 1. The Hall–Kier alpha value is -3.54. The lowest BCUT2D eigenvalue weighted by molar-refractivity contribution is 0.0660. The van der Waals surface area contributed by atoms with E-state index in [-0.39, 0.29) is 18.1 Å². The van der Waals surface area contributed by atoms with Crippen LogP contribution in [0.2, 0.25) is 0 Å². The maximum atomic E-state index is 14.4. The first kappa shape index (κ1) is 16.9. The second-order valence-corrected chi connectivity index (χ2v) is 6.09. The van der Waals surface area contributed by atoms with Gasteiger partial charge in [-0.05, 0) is 48.5 Å². The molecule has 5 nitrogen and oxygen atoms in total. The first-order valence-electron chi connectivity index (χ1n) is 8.31. The quantitative estimate of drug-likeness (QED) is 0.552. The van der Waals surface area contributed by atoms with Gasteiger partial charge in [-0.1, -0.05) is 12.1 Å². The molecule has 0 aliphatic heterocycles. The Balaban J connectivity index is 1.89. The molecule has 2 aromatic carbocycles. The number of furan rings is 1. The zero-order valence-corrected chi connectivity index (χ0v) is 14.5. The zero-order chi connectivity index (χ0) is 19.0. The normalized spacial score (nSPS) is 11.0. The van der Waals surface area contributed by atoms with Crippen molar-refractivity contribution in [3.05, 3.63) is 78.0 Å². The van der Waals surface area contributed by atoms with Crippen LogP contribution in [-0.2, 0) is 6.54 Å². The molecule has 0 bridgehead atoms. The van der Waals surface area contributed by atoms with E-state index in [9.17, 15) is 9.18 Å². The number of nitrogens with zero attached hydrogens (tertiary/aromatic N) is 1. The Morgan fingerprint density at radius 1 is 1.15 bits per heavy atom. The van der Waals surface area contributed by atoms with Crippen molar-refractivity contribution >= 4 is 16.9 Å². The third-order valence-corrected chi connectivity index (χ3v) is 4.44. The number of carbonyl (C=O) groups is 1. The van der Waals surface area contributed by atoms with Crippen molar-refractivity contribution in [2.75, 3.05) is 7.11 Å². The first-order chi connectivity index (χ1) is 13.1. The summed E-state index contributed by atoms with van der Waals surface area (Å²) in [5.74, 6) is -0.420.